The highest BCUT2D eigenvalue weighted by Crippen LogP contribution is 2.15. The van der Waals surface area contributed by atoms with Crippen LogP contribution in [0.3, 0.4) is 0 Å². The zero-order chi connectivity index (χ0) is 19.8. The van der Waals surface area contributed by atoms with Crippen LogP contribution in [0.25, 0.3) is 0 Å². The number of ether oxygens (including phenoxy) is 1. The summed E-state index contributed by atoms with van der Waals surface area (Å²) in [6.45, 7) is 0.775. The van der Waals surface area contributed by atoms with Crippen molar-refractivity contribution in [3.8, 4) is 5.75 Å². The zero-order valence-electron chi connectivity index (χ0n) is 15.6. The van der Waals surface area contributed by atoms with Gasteiger partial charge in [0.25, 0.3) is 0 Å². The number of methoxy groups -OCH3 is 1. The average Bonchev–Trinajstić information content (AvgIpc) is 2.71. The Labute approximate surface area is 169 Å². The van der Waals surface area contributed by atoms with Crippen molar-refractivity contribution in [2.24, 2.45) is 0 Å². The van der Waals surface area contributed by atoms with Gasteiger partial charge in [-0.2, -0.15) is 0 Å². The minimum absolute atomic E-state index is 0.117. The fraction of sp³-hybridized carbons (Fsp3) is 0.182. The van der Waals surface area contributed by atoms with Gasteiger partial charge in [-0.3, -0.25) is 4.79 Å². The molecule has 2 aromatic carbocycles. The third-order valence-electron chi connectivity index (χ3n) is 4.19. The van der Waals surface area contributed by atoms with E-state index < -0.39 is 0 Å². The Morgan fingerprint density at radius 2 is 1.89 bits per heavy atom. The van der Waals surface area contributed by atoms with Gasteiger partial charge in [0, 0.05) is 11.6 Å². The van der Waals surface area contributed by atoms with Gasteiger partial charge in [0.2, 0.25) is 5.91 Å². The molecule has 2 N–H and O–H groups in total. The van der Waals surface area contributed by atoms with Crippen molar-refractivity contribution < 1.29 is 9.53 Å². The van der Waals surface area contributed by atoms with Crippen molar-refractivity contribution >= 4 is 29.0 Å². The number of hydrogen-bond donors (Lipinski definition) is 2. The van der Waals surface area contributed by atoms with E-state index in [1.54, 1.807) is 31.5 Å². The standard InChI is InChI=1S/C22H22ClN3O2/c1-28-20-4-2-3-16(13-20)11-12-24-19-9-10-21(25-15-19)26-22(27)14-17-5-7-18(23)8-6-17/h2-10,13,15,24H,11-12,14H2,1H3,(H,25,26,27). The number of nitrogens with one attached hydrogen (secondary N) is 2. The number of aromatic nitrogens is 1. The number of halogens is 1. The number of rotatable bonds is 8. The molecule has 0 unspecified atom stereocenters. The second kappa shape index (κ2) is 9.76. The maximum Gasteiger partial charge on any atom is 0.229 e. The van der Waals surface area contributed by atoms with Gasteiger partial charge in [-0.25, -0.2) is 4.98 Å². The molecular weight excluding hydrogens is 374 g/mol. The van der Waals surface area contributed by atoms with Gasteiger partial charge in [0.05, 0.1) is 25.4 Å². The molecule has 0 atom stereocenters. The molecular formula is C22H22ClN3O2. The van der Waals surface area contributed by atoms with Crippen LogP contribution in [0.15, 0.2) is 66.9 Å². The van der Waals surface area contributed by atoms with Crippen molar-refractivity contribution in [2.75, 3.05) is 24.3 Å². The molecule has 0 spiro atoms. The van der Waals surface area contributed by atoms with E-state index >= 15 is 0 Å². The lowest BCUT2D eigenvalue weighted by molar-refractivity contribution is -0.115. The highest BCUT2D eigenvalue weighted by atomic mass is 35.5. The molecule has 0 aliphatic carbocycles. The third kappa shape index (κ3) is 5.99. The number of amides is 1. The van der Waals surface area contributed by atoms with E-state index in [1.807, 2.05) is 36.4 Å². The predicted octanol–water partition coefficient (Wildman–Crippen LogP) is 4.58. The fourth-order valence-corrected chi connectivity index (χ4v) is 2.85. The SMILES string of the molecule is COc1cccc(CCNc2ccc(NC(=O)Cc3ccc(Cl)cc3)nc2)c1. The van der Waals surface area contributed by atoms with Crippen molar-refractivity contribution in [3.05, 3.63) is 83.0 Å². The number of carbonyl (C=O) groups excluding carboxylic acids is 1. The molecule has 5 nitrogen and oxygen atoms in total. The van der Waals surface area contributed by atoms with Crippen LogP contribution >= 0.6 is 11.6 Å². The van der Waals surface area contributed by atoms with Gasteiger partial charge in [-0.1, -0.05) is 35.9 Å². The highest BCUT2D eigenvalue weighted by molar-refractivity contribution is 6.30. The summed E-state index contributed by atoms with van der Waals surface area (Å²) in [6.07, 6.45) is 2.86. The molecule has 0 saturated carbocycles. The van der Waals surface area contributed by atoms with Crippen LogP contribution in [0.1, 0.15) is 11.1 Å². The summed E-state index contributed by atoms with van der Waals surface area (Å²) >= 11 is 5.86. The summed E-state index contributed by atoms with van der Waals surface area (Å²) in [5.74, 6) is 1.27. The van der Waals surface area contributed by atoms with E-state index in [1.165, 1.54) is 5.56 Å². The smallest absolute Gasteiger partial charge is 0.229 e. The van der Waals surface area contributed by atoms with Crippen molar-refractivity contribution in [2.45, 2.75) is 12.8 Å². The molecule has 6 heteroatoms. The van der Waals surface area contributed by atoms with Crippen LogP contribution in [-0.4, -0.2) is 24.5 Å². The first-order valence-corrected chi connectivity index (χ1v) is 9.37. The molecule has 1 amide bonds. The van der Waals surface area contributed by atoms with Crippen LogP contribution in [0, 0.1) is 0 Å². The van der Waals surface area contributed by atoms with E-state index in [0.717, 1.165) is 30.0 Å². The number of nitrogens with zero attached hydrogens (tertiary/aromatic N) is 1. The number of carbonyl (C=O) groups is 1. The molecule has 28 heavy (non-hydrogen) atoms. The largest absolute Gasteiger partial charge is 0.497 e. The Kier molecular flexibility index (Phi) is 6.87. The van der Waals surface area contributed by atoms with Crippen LogP contribution < -0.4 is 15.4 Å². The highest BCUT2D eigenvalue weighted by Gasteiger charge is 2.05. The summed E-state index contributed by atoms with van der Waals surface area (Å²) in [5.41, 5.74) is 3.00. The van der Waals surface area contributed by atoms with E-state index in [4.69, 9.17) is 16.3 Å². The molecule has 0 radical (unpaired) electrons. The van der Waals surface area contributed by atoms with Gasteiger partial charge in [-0.05, 0) is 53.9 Å². The zero-order valence-corrected chi connectivity index (χ0v) is 16.4. The van der Waals surface area contributed by atoms with Crippen molar-refractivity contribution in [1.29, 1.82) is 0 Å². The molecule has 0 aliphatic heterocycles. The number of pyridine rings is 1. The monoisotopic (exact) mass is 395 g/mol. The topological polar surface area (TPSA) is 63.2 Å². The maximum atomic E-state index is 12.1. The van der Waals surface area contributed by atoms with Crippen LogP contribution in [-0.2, 0) is 17.6 Å². The lowest BCUT2D eigenvalue weighted by atomic mass is 10.1. The quantitative estimate of drug-likeness (QED) is 0.586. The normalized spacial score (nSPS) is 10.4. The van der Waals surface area contributed by atoms with Crippen LogP contribution in [0.4, 0.5) is 11.5 Å². The molecule has 3 rings (SSSR count). The molecule has 1 heterocycles. The molecule has 144 valence electrons. The summed E-state index contributed by atoms with van der Waals surface area (Å²) in [6, 6.07) is 18.9. The summed E-state index contributed by atoms with van der Waals surface area (Å²) in [4.78, 5) is 16.4. The van der Waals surface area contributed by atoms with Gasteiger partial charge in [-0.15, -0.1) is 0 Å². The Hall–Kier alpha value is -3.05. The molecule has 0 saturated heterocycles. The number of anilines is 2. The minimum Gasteiger partial charge on any atom is -0.497 e. The summed E-state index contributed by atoms with van der Waals surface area (Å²) < 4.78 is 5.24. The first kappa shape index (κ1) is 19.7. The van der Waals surface area contributed by atoms with Crippen LogP contribution in [0.2, 0.25) is 5.02 Å². The predicted molar refractivity (Wildman–Crippen MR) is 113 cm³/mol. The Bertz CT molecular complexity index is 912. The van der Waals surface area contributed by atoms with Crippen molar-refractivity contribution in [3.63, 3.8) is 0 Å². The summed E-state index contributed by atoms with van der Waals surface area (Å²) in [7, 11) is 1.67. The van der Waals surface area contributed by atoms with Crippen LogP contribution in [0.5, 0.6) is 5.75 Å². The molecule has 0 aliphatic rings. The lowest BCUT2D eigenvalue weighted by Crippen LogP contribution is -2.15. The second-order valence-electron chi connectivity index (χ2n) is 6.31. The van der Waals surface area contributed by atoms with Crippen molar-refractivity contribution in [1.82, 2.24) is 4.98 Å². The first-order valence-electron chi connectivity index (χ1n) is 8.99. The molecule has 0 bridgehead atoms. The lowest BCUT2D eigenvalue weighted by Gasteiger charge is -2.09. The van der Waals surface area contributed by atoms with Gasteiger partial charge >= 0.3 is 0 Å². The van der Waals surface area contributed by atoms with Gasteiger partial charge < -0.3 is 15.4 Å². The molecule has 0 fully saturated rings. The Morgan fingerprint density at radius 3 is 2.61 bits per heavy atom. The average molecular weight is 396 g/mol. The van der Waals surface area contributed by atoms with Gasteiger partial charge in [0.1, 0.15) is 11.6 Å². The third-order valence-corrected chi connectivity index (χ3v) is 4.44. The second-order valence-corrected chi connectivity index (χ2v) is 6.75. The number of benzene rings is 2. The fourth-order valence-electron chi connectivity index (χ4n) is 2.73. The minimum atomic E-state index is -0.117. The van der Waals surface area contributed by atoms with Gasteiger partial charge in [0.15, 0.2) is 0 Å². The van der Waals surface area contributed by atoms with E-state index in [0.29, 0.717) is 10.8 Å². The maximum absolute atomic E-state index is 12.1. The molecule has 3 aromatic rings. The summed E-state index contributed by atoms with van der Waals surface area (Å²) in [5, 5.41) is 6.78. The number of hydrogen-bond acceptors (Lipinski definition) is 4. The first-order chi connectivity index (χ1) is 13.6. The molecule has 1 aromatic heterocycles. The Morgan fingerprint density at radius 1 is 1.07 bits per heavy atom. The Balaban J connectivity index is 1.46. The van der Waals surface area contributed by atoms with E-state index in [-0.39, 0.29) is 12.3 Å². The van der Waals surface area contributed by atoms with E-state index in [2.05, 4.69) is 21.7 Å². The van der Waals surface area contributed by atoms with E-state index in [9.17, 15) is 4.79 Å².